The summed E-state index contributed by atoms with van der Waals surface area (Å²) in [6.07, 6.45) is -0.863. The quantitative estimate of drug-likeness (QED) is 0.632. The van der Waals surface area contributed by atoms with Crippen molar-refractivity contribution in [1.29, 1.82) is 0 Å². The van der Waals surface area contributed by atoms with Crippen molar-refractivity contribution in [3.05, 3.63) is 60.2 Å². The zero-order valence-corrected chi connectivity index (χ0v) is 12.1. The second-order valence-corrected chi connectivity index (χ2v) is 4.85. The first-order chi connectivity index (χ1) is 10.3. The Kier molecular flexibility index (Phi) is 4.26. The van der Waals surface area contributed by atoms with Crippen LogP contribution in [-0.2, 0) is 9.47 Å². The van der Waals surface area contributed by atoms with Gasteiger partial charge in [0.05, 0.1) is 0 Å². The van der Waals surface area contributed by atoms with E-state index >= 15 is 0 Å². The van der Waals surface area contributed by atoms with Gasteiger partial charge >= 0.3 is 6.18 Å². The van der Waals surface area contributed by atoms with Gasteiger partial charge in [-0.15, -0.1) is 0 Å². The fourth-order valence-corrected chi connectivity index (χ4v) is 2.24. The fraction of sp³-hybridized carbons (Fsp3) is 0.312. The van der Waals surface area contributed by atoms with E-state index in [9.17, 15) is 18.0 Å². The number of halogens is 3. The van der Waals surface area contributed by atoms with Crippen molar-refractivity contribution >= 4 is 5.78 Å². The predicted molar refractivity (Wildman–Crippen MR) is 74.6 cm³/mol. The van der Waals surface area contributed by atoms with E-state index in [1.807, 2.05) is 0 Å². The number of benzene rings is 1. The van der Waals surface area contributed by atoms with E-state index in [2.05, 4.69) is 4.74 Å². The molecule has 0 amide bonds. The van der Waals surface area contributed by atoms with Crippen molar-refractivity contribution in [2.24, 2.45) is 0 Å². The number of carbonyl (C=O) groups is 1. The lowest BCUT2D eigenvalue weighted by Gasteiger charge is -2.35. The van der Waals surface area contributed by atoms with Crippen LogP contribution in [0.3, 0.4) is 0 Å². The summed E-state index contributed by atoms with van der Waals surface area (Å²) >= 11 is 0. The molecule has 0 N–H and O–H groups in total. The first-order valence-electron chi connectivity index (χ1n) is 6.48. The van der Waals surface area contributed by atoms with Crippen LogP contribution >= 0.6 is 0 Å². The Morgan fingerprint density at radius 3 is 1.91 bits per heavy atom. The van der Waals surface area contributed by atoms with E-state index < -0.39 is 23.2 Å². The Morgan fingerprint density at radius 2 is 1.50 bits per heavy atom. The van der Waals surface area contributed by atoms with Gasteiger partial charge in [0, 0.05) is 19.8 Å². The summed E-state index contributed by atoms with van der Waals surface area (Å²) < 4.78 is 49.2. The molecule has 0 fully saturated rings. The van der Waals surface area contributed by atoms with Crippen molar-refractivity contribution in [3.8, 4) is 0 Å². The van der Waals surface area contributed by atoms with Crippen LogP contribution < -0.4 is 0 Å². The maximum Gasteiger partial charge on any atom is 0.424 e. The van der Waals surface area contributed by atoms with Crippen LogP contribution in [0.5, 0.6) is 0 Å². The van der Waals surface area contributed by atoms with Crippen molar-refractivity contribution in [2.75, 3.05) is 14.2 Å². The molecule has 1 aliphatic carbocycles. The minimum atomic E-state index is -4.63. The molecule has 0 radical (unpaired) electrons. The molecule has 0 unspecified atom stereocenters. The molecule has 1 aromatic carbocycles. The van der Waals surface area contributed by atoms with Gasteiger partial charge in [0.1, 0.15) is 0 Å². The molecule has 0 saturated carbocycles. The maximum atomic E-state index is 13.1. The molecule has 0 atom stereocenters. The summed E-state index contributed by atoms with van der Waals surface area (Å²) in [5.41, 5.74) is -3.78. The standard InChI is InChI=1S/C16H15F3O3/c1-21-14(13(20)12-6-4-3-5-7-12)8-10-15(22-2,11-9-14)16(17,18)19/h3-11H,1-2H3. The minimum Gasteiger partial charge on any atom is -0.362 e. The van der Waals surface area contributed by atoms with Gasteiger partial charge in [-0.05, 0) is 24.3 Å². The molecule has 0 heterocycles. The Bertz CT molecular complexity index is 589. The largest absolute Gasteiger partial charge is 0.424 e. The highest BCUT2D eigenvalue weighted by Gasteiger charge is 2.55. The summed E-state index contributed by atoms with van der Waals surface area (Å²) in [5, 5.41) is 0. The zero-order chi connectivity index (χ0) is 16.4. The Labute approximate surface area is 126 Å². The van der Waals surface area contributed by atoms with Gasteiger partial charge in [-0.2, -0.15) is 13.2 Å². The van der Waals surface area contributed by atoms with Crippen molar-refractivity contribution in [2.45, 2.75) is 17.4 Å². The third-order valence-corrected chi connectivity index (χ3v) is 3.67. The van der Waals surface area contributed by atoms with Gasteiger partial charge < -0.3 is 9.47 Å². The van der Waals surface area contributed by atoms with Gasteiger partial charge in [0.2, 0.25) is 5.78 Å². The normalized spacial score (nSPS) is 27.9. The lowest BCUT2D eigenvalue weighted by molar-refractivity contribution is -0.231. The number of hydrogen-bond acceptors (Lipinski definition) is 3. The predicted octanol–water partition coefficient (Wildman–Crippen LogP) is 3.33. The van der Waals surface area contributed by atoms with Gasteiger partial charge in [-0.25, -0.2) is 0 Å². The number of ketones is 1. The summed E-state index contributed by atoms with van der Waals surface area (Å²) in [7, 11) is 2.23. The van der Waals surface area contributed by atoms with Gasteiger partial charge in [0.25, 0.3) is 0 Å². The van der Waals surface area contributed by atoms with Crippen molar-refractivity contribution < 1.29 is 27.4 Å². The molecule has 2 rings (SSSR count). The highest BCUT2D eigenvalue weighted by molar-refractivity contribution is 6.05. The molecule has 0 saturated heterocycles. The highest BCUT2D eigenvalue weighted by Crippen LogP contribution is 2.40. The van der Waals surface area contributed by atoms with Crippen LogP contribution in [0, 0.1) is 0 Å². The molecule has 0 aromatic heterocycles. The fourth-order valence-electron chi connectivity index (χ4n) is 2.24. The number of Topliss-reactive ketones (excluding diaryl/α,β-unsaturated/α-hetero) is 1. The van der Waals surface area contributed by atoms with Crippen LogP contribution in [0.15, 0.2) is 54.6 Å². The van der Waals surface area contributed by atoms with Crippen molar-refractivity contribution in [1.82, 2.24) is 0 Å². The minimum absolute atomic E-state index is 0.343. The summed E-state index contributed by atoms with van der Waals surface area (Å²) in [4.78, 5) is 12.6. The highest BCUT2D eigenvalue weighted by atomic mass is 19.4. The molecular weight excluding hydrogens is 297 g/mol. The molecule has 118 valence electrons. The molecular formula is C16H15F3O3. The van der Waals surface area contributed by atoms with E-state index in [-0.39, 0.29) is 0 Å². The molecule has 22 heavy (non-hydrogen) atoms. The van der Waals surface area contributed by atoms with Crippen molar-refractivity contribution in [3.63, 3.8) is 0 Å². The summed E-state index contributed by atoms with van der Waals surface area (Å²) in [5.74, 6) is -0.449. The van der Waals surface area contributed by atoms with E-state index in [1.54, 1.807) is 30.3 Å². The number of hydrogen-bond donors (Lipinski definition) is 0. The average molecular weight is 312 g/mol. The summed E-state index contributed by atoms with van der Waals surface area (Å²) in [6.45, 7) is 0. The Balaban J connectivity index is 2.40. The first-order valence-corrected chi connectivity index (χ1v) is 6.48. The van der Waals surface area contributed by atoms with Crippen LogP contribution in [0.2, 0.25) is 0 Å². The lowest BCUT2D eigenvalue weighted by atomic mass is 9.84. The SMILES string of the molecule is COC1(C(=O)c2ccccc2)C=CC(OC)(C(F)(F)F)C=C1. The molecule has 0 aliphatic heterocycles. The average Bonchev–Trinajstić information content (AvgIpc) is 2.54. The second kappa shape index (κ2) is 5.70. The van der Waals surface area contributed by atoms with E-state index in [0.29, 0.717) is 5.56 Å². The molecule has 1 aliphatic rings. The van der Waals surface area contributed by atoms with Crippen LogP contribution in [0.4, 0.5) is 13.2 Å². The third kappa shape index (κ3) is 2.60. The van der Waals surface area contributed by atoms with Crippen LogP contribution in [0.1, 0.15) is 10.4 Å². The number of carbonyl (C=O) groups excluding carboxylic acids is 1. The van der Waals surface area contributed by atoms with E-state index in [0.717, 1.165) is 31.4 Å². The molecule has 1 aromatic rings. The zero-order valence-electron chi connectivity index (χ0n) is 12.1. The van der Waals surface area contributed by atoms with Crippen LogP contribution in [-0.4, -0.2) is 37.4 Å². The monoisotopic (exact) mass is 312 g/mol. The number of ether oxygens (including phenoxy) is 2. The van der Waals surface area contributed by atoms with Crippen LogP contribution in [0.25, 0.3) is 0 Å². The second-order valence-electron chi connectivity index (χ2n) is 4.85. The van der Waals surface area contributed by atoms with E-state index in [4.69, 9.17) is 4.74 Å². The smallest absolute Gasteiger partial charge is 0.362 e. The molecule has 3 nitrogen and oxygen atoms in total. The van der Waals surface area contributed by atoms with Gasteiger partial charge in [0.15, 0.2) is 11.2 Å². The maximum absolute atomic E-state index is 13.1. The Morgan fingerprint density at radius 1 is 0.955 bits per heavy atom. The first kappa shape index (κ1) is 16.5. The van der Waals surface area contributed by atoms with E-state index in [1.165, 1.54) is 7.11 Å². The molecule has 6 heteroatoms. The third-order valence-electron chi connectivity index (χ3n) is 3.67. The molecule has 0 spiro atoms. The summed E-state index contributed by atoms with van der Waals surface area (Å²) in [6, 6.07) is 8.23. The van der Waals surface area contributed by atoms with Gasteiger partial charge in [-0.1, -0.05) is 30.3 Å². The Hall–Kier alpha value is -1.92. The van der Waals surface area contributed by atoms with Gasteiger partial charge in [-0.3, -0.25) is 4.79 Å². The number of alkyl halides is 3. The number of rotatable bonds is 4. The topological polar surface area (TPSA) is 35.5 Å². The number of methoxy groups -OCH3 is 2. The molecule has 0 bridgehead atoms. The lowest BCUT2D eigenvalue weighted by Crippen LogP contribution is -2.48.